The molecular weight excluding hydrogens is 486 g/mol. The van der Waals surface area contributed by atoms with Gasteiger partial charge in [0, 0.05) is 61.7 Å². The monoisotopic (exact) mass is 517 g/mol. The first-order chi connectivity index (χ1) is 18.1. The van der Waals surface area contributed by atoms with Gasteiger partial charge in [0.25, 0.3) is 5.91 Å². The van der Waals surface area contributed by atoms with Gasteiger partial charge in [0.2, 0.25) is 11.8 Å². The molecule has 2 heterocycles. The molecule has 1 atom stereocenters. The molecule has 0 spiro atoms. The van der Waals surface area contributed by atoms with Crippen molar-refractivity contribution in [2.45, 2.75) is 39.4 Å². The number of imide groups is 1. The molecule has 10 nitrogen and oxygen atoms in total. The fourth-order valence-corrected chi connectivity index (χ4v) is 4.92. The maximum atomic E-state index is 13.1. The molecule has 0 bridgehead atoms. The van der Waals surface area contributed by atoms with Crippen LogP contribution < -0.4 is 10.8 Å². The third kappa shape index (κ3) is 5.16. The van der Waals surface area contributed by atoms with Crippen molar-refractivity contribution >= 4 is 34.7 Å². The molecule has 38 heavy (non-hydrogen) atoms. The van der Waals surface area contributed by atoms with Crippen LogP contribution in [0, 0.1) is 0 Å². The molecule has 1 aliphatic rings. The number of nitrogens with zero attached hydrogens (tertiary/aromatic N) is 3. The van der Waals surface area contributed by atoms with E-state index in [4.69, 9.17) is 5.21 Å². The van der Waals surface area contributed by atoms with Gasteiger partial charge in [-0.05, 0) is 47.0 Å². The number of benzene rings is 2. The lowest BCUT2D eigenvalue weighted by molar-refractivity contribution is -0.125. The van der Waals surface area contributed by atoms with E-state index in [0.29, 0.717) is 31.7 Å². The predicted molar refractivity (Wildman–Crippen MR) is 141 cm³/mol. The van der Waals surface area contributed by atoms with Crippen molar-refractivity contribution in [2.24, 2.45) is 0 Å². The van der Waals surface area contributed by atoms with Crippen molar-refractivity contribution in [2.75, 3.05) is 13.6 Å². The molecule has 1 unspecified atom stereocenters. The summed E-state index contributed by atoms with van der Waals surface area (Å²) in [5.41, 5.74) is 6.91. The van der Waals surface area contributed by atoms with E-state index in [1.165, 1.54) is 20.0 Å². The molecule has 0 fully saturated rings. The highest BCUT2D eigenvalue weighted by molar-refractivity contribution is 5.94. The fourth-order valence-electron chi connectivity index (χ4n) is 4.92. The molecule has 1 aliphatic heterocycles. The molecular formula is C28H31N5O5. The van der Waals surface area contributed by atoms with Crippen LogP contribution in [0.3, 0.4) is 0 Å². The highest BCUT2D eigenvalue weighted by atomic mass is 16.5. The van der Waals surface area contributed by atoms with Gasteiger partial charge in [-0.1, -0.05) is 31.7 Å². The number of hydrogen-bond donors (Lipinski definition) is 3. The van der Waals surface area contributed by atoms with Gasteiger partial charge < -0.3 is 14.8 Å². The van der Waals surface area contributed by atoms with Gasteiger partial charge in [-0.25, -0.2) is 10.3 Å². The largest absolute Gasteiger partial charge is 0.348 e. The van der Waals surface area contributed by atoms with Crippen LogP contribution in [0.5, 0.6) is 0 Å². The van der Waals surface area contributed by atoms with Gasteiger partial charge in [-0.2, -0.15) is 0 Å². The molecule has 1 aromatic heterocycles. The normalized spacial score (nSPS) is 14.5. The minimum Gasteiger partial charge on any atom is -0.348 e. The first kappa shape index (κ1) is 26.6. The quantitative estimate of drug-likeness (QED) is 0.263. The number of amides is 5. The van der Waals surface area contributed by atoms with E-state index in [1.807, 2.05) is 24.3 Å². The van der Waals surface area contributed by atoms with Gasteiger partial charge in [-0.3, -0.25) is 24.5 Å². The Labute approximate surface area is 220 Å². The number of urea groups is 1. The van der Waals surface area contributed by atoms with Crippen molar-refractivity contribution in [3.05, 3.63) is 83.1 Å². The van der Waals surface area contributed by atoms with Crippen LogP contribution in [0.4, 0.5) is 4.79 Å². The number of hydrogen-bond acceptors (Lipinski definition) is 5. The number of aromatic nitrogens is 1. The second-order valence-electron chi connectivity index (χ2n) is 9.50. The molecule has 5 amide bonds. The van der Waals surface area contributed by atoms with E-state index in [2.05, 4.69) is 29.5 Å². The Kier molecular flexibility index (Phi) is 7.63. The Morgan fingerprint density at radius 1 is 1.13 bits per heavy atom. The van der Waals surface area contributed by atoms with Gasteiger partial charge >= 0.3 is 6.03 Å². The highest BCUT2D eigenvalue weighted by Gasteiger charge is 2.33. The van der Waals surface area contributed by atoms with Gasteiger partial charge in [0.15, 0.2) is 0 Å². The summed E-state index contributed by atoms with van der Waals surface area (Å²) in [6.07, 6.45) is 1.23. The fraction of sp³-hybridized carbons (Fsp3) is 0.286. The first-order valence-electron chi connectivity index (χ1n) is 12.2. The standard InChI is InChI=1S/C28H31N5O5/c1-5-25(35)29-13-20-8-11-23-22(12-20)26-17(2)14-32(28(37)31(4)18(3)34)16-24(26)33(23)15-19-6-9-21(10-7-19)27(36)30-38/h5-12,17,38H,1,13-16H2,2-4H3,(H,29,35)(H,30,36). The molecule has 3 N–H and O–H groups in total. The topological polar surface area (TPSA) is 124 Å². The zero-order valence-corrected chi connectivity index (χ0v) is 21.7. The summed E-state index contributed by atoms with van der Waals surface area (Å²) >= 11 is 0. The van der Waals surface area contributed by atoms with Crippen molar-refractivity contribution in [1.29, 1.82) is 0 Å². The van der Waals surface area contributed by atoms with Crippen molar-refractivity contribution < 1.29 is 24.4 Å². The van der Waals surface area contributed by atoms with Gasteiger partial charge in [0.05, 0.1) is 6.54 Å². The third-order valence-corrected chi connectivity index (χ3v) is 6.95. The molecule has 0 saturated carbocycles. The first-order valence-corrected chi connectivity index (χ1v) is 12.2. The number of rotatable bonds is 6. The van der Waals surface area contributed by atoms with Crippen LogP contribution in [0.15, 0.2) is 55.1 Å². The minimum absolute atomic E-state index is 0.000417. The molecule has 10 heteroatoms. The van der Waals surface area contributed by atoms with E-state index < -0.39 is 5.91 Å². The Bertz CT molecular complexity index is 1430. The Morgan fingerprint density at radius 3 is 2.45 bits per heavy atom. The summed E-state index contributed by atoms with van der Waals surface area (Å²) in [4.78, 5) is 51.1. The predicted octanol–water partition coefficient (Wildman–Crippen LogP) is 3.13. The third-order valence-electron chi connectivity index (χ3n) is 6.95. The van der Waals surface area contributed by atoms with E-state index in [1.54, 1.807) is 22.5 Å². The Balaban J connectivity index is 1.78. The summed E-state index contributed by atoms with van der Waals surface area (Å²) in [5, 5.41) is 12.8. The van der Waals surface area contributed by atoms with E-state index in [9.17, 15) is 19.2 Å². The van der Waals surface area contributed by atoms with Crippen LogP contribution in [0.25, 0.3) is 10.9 Å². The molecule has 0 aliphatic carbocycles. The summed E-state index contributed by atoms with van der Waals surface area (Å²) in [6.45, 7) is 8.55. The summed E-state index contributed by atoms with van der Waals surface area (Å²) in [5.74, 6) is -1.17. The number of carbonyl (C=O) groups excluding carboxylic acids is 4. The zero-order chi connectivity index (χ0) is 27.6. The summed E-state index contributed by atoms with van der Waals surface area (Å²) in [7, 11) is 1.48. The highest BCUT2D eigenvalue weighted by Crippen LogP contribution is 2.38. The van der Waals surface area contributed by atoms with Crippen LogP contribution in [-0.2, 0) is 29.2 Å². The smallest absolute Gasteiger partial charge is 0.326 e. The molecule has 4 rings (SSSR count). The average Bonchev–Trinajstić information content (AvgIpc) is 3.23. The lowest BCUT2D eigenvalue weighted by Crippen LogP contribution is -2.46. The van der Waals surface area contributed by atoms with Crippen LogP contribution >= 0.6 is 0 Å². The molecule has 2 aromatic carbocycles. The maximum absolute atomic E-state index is 13.1. The van der Waals surface area contributed by atoms with Gasteiger partial charge in [0.1, 0.15) is 0 Å². The lowest BCUT2D eigenvalue weighted by Gasteiger charge is -2.34. The lowest BCUT2D eigenvalue weighted by atomic mass is 9.93. The van der Waals surface area contributed by atoms with Crippen LogP contribution in [0.1, 0.15) is 52.5 Å². The number of carbonyl (C=O) groups is 4. The number of nitrogens with one attached hydrogen (secondary N) is 2. The molecule has 0 saturated heterocycles. The Hall–Kier alpha value is -4.44. The van der Waals surface area contributed by atoms with E-state index in [-0.39, 0.29) is 23.8 Å². The van der Waals surface area contributed by atoms with E-state index >= 15 is 0 Å². The SMILES string of the molecule is C=CC(=O)NCc1ccc2c(c1)c1c(n2Cc2ccc(C(=O)NO)cc2)CN(C(=O)N(C)C(C)=O)CC1C. The zero-order valence-electron chi connectivity index (χ0n) is 21.7. The molecule has 0 radical (unpaired) electrons. The van der Waals surface area contributed by atoms with Crippen molar-refractivity contribution in [3.8, 4) is 0 Å². The molecule has 3 aromatic rings. The van der Waals surface area contributed by atoms with Crippen LogP contribution in [0.2, 0.25) is 0 Å². The number of hydroxylamine groups is 1. The summed E-state index contributed by atoms with van der Waals surface area (Å²) < 4.78 is 2.15. The second kappa shape index (κ2) is 10.9. The average molecular weight is 518 g/mol. The van der Waals surface area contributed by atoms with Crippen LogP contribution in [-0.4, -0.2) is 56.9 Å². The number of fused-ring (bicyclic) bond motifs is 3. The van der Waals surface area contributed by atoms with E-state index in [0.717, 1.165) is 38.2 Å². The van der Waals surface area contributed by atoms with Gasteiger partial charge in [-0.15, -0.1) is 0 Å². The van der Waals surface area contributed by atoms with Crippen molar-refractivity contribution in [1.82, 2.24) is 25.2 Å². The van der Waals surface area contributed by atoms with Crippen molar-refractivity contribution in [3.63, 3.8) is 0 Å². The minimum atomic E-state index is -0.589. The maximum Gasteiger partial charge on any atom is 0.326 e. The molecule has 198 valence electrons. The summed E-state index contributed by atoms with van der Waals surface area (Å²) in [6, 6.07) is 12.6. The second-order valence-corrected chi connectivity index (χ2v) is 9.50. The Morgan fingerprint density at radius 2 is 1.82 bits per heavy atom.